The molecule has 0 amide bonds. The second kappa shape index (κ2) is 5.83. The van der Waals surface area contributed by atoms with E-state index in [1.54, 1.807) is 55.6 Å². The third kappa shape index (κ3) is 3.03. The first kappa shape index (κ1) is 14.2. The summed E-state index contributed by atoms with van der Waals surface area (Å²) in [4.78, 5) is 0.199. The number of benzene rings is 2. The van der Waals surface area contributed by atoms with Gasteiger partial charge >= 0.3 is 0 Å². The molecule has 6 heteroatoms. The topological polar surface area (TPSA) is 67.4 Å². The van der Waals surface area contributed by atoms with E-state index in [2.05, 4.69) is 10.0 Å². The third-order valence-corrected chi connectivity index (χ3v) is 4.21. The van der Waals surface area contributed by atoms with Crippen LogP contribution in [0.4, 0.5) is 11.4 Å². The molecule has 0 aliphatic heterocycles. The van der Waals surface area contributed by atoms with Crippen LogP contribution in [0.25, 0.3) is 0 Å². The highest BCUT2D eigenvalue weighted by atomic mass is 32.2. The quantitative estimate of drug-likeness (QED) is 0.888. The van der Waals surface area contributed by atoms with E-state index in [-0.39, 0.29) is 4.90 Å². The monoisotopic (exact) mass is 292 g/mol. The molecule has 0 fully saturated rings. The van der Waals surface area contributed by atoms with Gasteiger partial charge in [-0.1, -0.05) is 18.2 Å². The molecule has 0 saturated carbocycles. The van der Waals surface area contributed by atoms with Crippen LogP contribution in [0.2, 0.25) is 0 Å². The van der Waals surface area contributed by atoms with E-state index in [1.165, 1.54) is 7.11 Å². The van der Waals surface area contributed by atoms with Gasteiger partial charge in [-0.2, -0.15) is 0 Å². The van der Waals surface area contributed by atoms with Gasteiger partial charge in [0.25, 0.3) is 10.0 Å². The molecule has 106 valence electrons. The highest BCUT2D eigenvalue weighted by Crippen LogP contribution is 2.24. The summed E-state index contributed by atoms with van der Waals surface area (Å²) in [6.45, 7) is 0. The van der Waals surface area contributed by atoms with Crippen molar-refractivity contribution < 1.29 is 13.2 Å². The Morgan fingerprint density at radius 3 is 2.50 bits per heavy atom. The summed E-state index contributed by atoms with van der Waals surface area (Å²) in [7, 11) is -0.437. The summed E-state index contributed by atoms with van der Waals surface area (Å²) in [6.07, 6.45) is 0. The van der Waals surface area contributed by atoms with E-state index in [1.807, 2.05) is 0 Å². The van der Waals surface area contributed by atoms with E-state index in [4.69, 9.17) is 4.74 Å². The van der Waals surface area contributed by atoms with E-state index in [9.17, 15) is 8.42 Å². The number of nitrogens with one attached hydrogen (secondary N) is 2. The summed E-state index contributed by atoms with van der Waals surface area (Å²) < 4.78 is 32.4. The van der Waals surface area contributed by atoms with E-state index in [0.717, 1.165) is 0 Å². The number of rotatable bonds is 5. The van der Waals surface area contributed by atoms with Crippen molar-refractivity contribution >= 4 is 21.4 Å². The highest BCUT2D eigenvalue weighted by molar-refractivity contribution is 7.92. The van der Waals surface area contributed by atoms with Crippen molar-refractivity contribution in [1.82, 2.24) is 0 Å². The Morgan fingerprint density at radius 1 is 1.05 bits per heavy atom. The standard InChI is InChI=1S/C14H16N2O3S/c1-15-13-8-3-4-9-14(13)20(17,18)16-11-6-5-7-12(10-11)19-2/h3-10,15-16H,1-2H3. The minimum absolute atomic E-state index is 0.199. The van der Waals surface area contributed by atoms with Crippen LogP contribution in [0, 0.1) is 0 Å². The molecular formula is C14H16N2O3S. The Bertz CT molecular complexity index is 699. The van der Waals surface area contributed by atoms with Gasteiger partial charge in [-0.15, -0.1) is 0 Å². The van der Waals surface area contributed by atoms with Gasteiger partial charge in [-0.25, -0.2) is 8.42 Å². The van der Waals surface area contributed by atoms with Crippen molar-refractivity contribution in [2.75, 3.05) is 24.2 Å². The van der Waals surface area contributed by atoms with Crippen molar-refractivity contribution in [2.24, 2.45) is 0 Å². The lowest BCUT2D eigenvalue weighted by Crippen LogP contribution is -2.14. The molecule has 0 atom stereocenters. The molecule has 0 unspecified atom stereocenters. The highest BCUT2D eigenvalue weighted by Gasteiger charge is 2.17. The molecule has 0 aliphatic rings. The molecule has 20 heavy (non-hydrogen) atoms. The van der Waals surface area contributed by atoms with Crippen LogP contribution in [0.15, 0.2) is 53.4 Å². The predicted octanol–water partition coefficient (Wildman–Crippen LogP) is 2.54. The first-order valence-corrected chi connectivity index (χ1v) is 7.49. The van der Waals surface area contributed by atoms with Gasteiger partial charge < -0.3 is 10.1 Å². The Labute approximate surface area is 118 Å². The number of methoxy groups -OCH3 is 1. The number of para-hydroxylation sites is 1. The zero-order valence-corrected chi connectivity index (χ0v) is 12.1. The maximum absolute atomic E-state index is 12.4. The number of sulfonamides is 1. The summed E-state index contributed by atoms with van der Waals surface area (Å²) in [6, 6.07) is 13.5. The van der Waals surface area contributed by atoms with Gasteiger partial charge in [0.05, 0.1) is 18.5 Å². The van der Waals surface area contributed by atoms with Gasteiger partial charge in [-0.3, -0.25) is 4.72 Å². The lowest BCUT2D eigenvalue weighted by Gasteiger charge is -2.12. The van der Waals surface area contributed by atoms with Crippen LogP contribution >= 0.6 is 0 Å². The van der Waals surface area contributed by atoms with Crippen LogP contribution in [0.5, 0.6) is 5.75 Å². The largest absolute Gasteiger partial charge is 0.497 e. The molecule has 5 nitrogen and oxygen atoms in total. The van der Waals surface area contributed by atoms with Gasteiger partial charge in [0.15, 0.2) is 0 Å². The van der Waals surface area contributed by atoms with Gasteiger partial charge in [0.2, 0.25) is 0 Å². The fourth-order valence-corrected chi connectivity index (χ4v) is 3.07. The Kier molecular flexibility index (Phi) is 4.14. The molecule has 0 heterocycles. The molecule has 2 rings (SSSR count). The van der Waals surface area contributed by atoms with Gasteiger partial charge in [-0.05, 0) is 24.3 Å². The summed E-state index contributed by atoms with van der Waals surface area (Å²) in [5.74, 6) is 0.590. The maximum atomic E-state index is 12.4. The fraction of sp³-hybridized carbons (Fsp3) is 0.143. The third-order valence-electron chi connectivity index (χ3n) is 2.77. The minimum Gasteiger partial charge on any atom is -0.497 e. The van der Waals surface area contributed by atoms with Gasteiger partial charge in [0.1, 0.15) is 10.6 Å². The molecule has 0 radical (unpaired) electrons. The zero-order chi connectivity index (χ0) is 14.6. The second-order valence-electron chi connectivity index (χ2n) is 4.08. The minimum atomic E-state index is -3.65. The Morgan fingerprint density at radius 2 is 1.80 bits per heavy atom. The van der Waals surface area contributed by atoms with Crippen LogP contribution in [-0.2, 0) is 10.0 Å². The Balaban J connectivity index is 2.35. The van der Waals surface area contributed by atoms with Crippen molar-refractivity contribution in [3.05, 3.63) is 48.5 Å². The van der Waals surface area contributed by atoms with Crippen LogP contribution in [0.3, 0.4) is 0 Å². The summed E-state index contributed by atoms with van der Waals surface area (Å²) in [5.41, 5.74) is 0.998. The molecule has 0 aliphatic carbocycles. The van der Waals surface area contributed by atoms with Crippen molar-refractivity contribution in [3.63, 3.8) is 0 Å². The molecule has 2 N–H and O–H groups in total. The molecule has 2 aromatic rings. The summed E-state index contributed by atoms with van der Waals surface area (Å²) in [5, 5.41) is 2.87. The smallest absolute Gasteiger partial charge is 0.263 e. The number of hydrogen-bond acceptors (Lipinski definition) is 4. The van der Waals surface area contributed by atoms with E-state index >= 15 is 0 Å². The molecular weight excluding hydrogens is 276 g/mol. The Hall–Kier alpha value is -2.21. The lowest BCUT2D eigenvalue weighted by molar-refractivity contribution is 0.415. The second-order valence-corrected chi connectivity index (χ2v) is 5.73. The molecule has 0 aromatic heterocycles. The molecule has 2 aromatic carbocycles. The number of ether oxygens (including phenoxy) is 1. The first-order valence-electron chi connectivity index (χ1n) is 6.00. The predicted molar refractivity (Wildman–Crippen MR) is 79.8 cm³/mol. The van der Waals surface area contributed by atoms with Crippen molar-refractivity contribution in [3.8, 4) is 5.75 Å². The van der Waals surface area contributed by atoms with Crippen molar-refractivity contribution in [1.29, 1.82) is 0 Å². The average Bonchev–Trinajstić information content (AvgIpc) is 2.47. The average molecular weight is 292 g/mol. The number of hydrogen-bond donors (Lipinski definition) is 2. The molecule has 0 spiro atoms. The molecule has 0 saturated heterocycles. The SMILES string of the molecule is CNc1ccccc1S(=O)(=O)Nc1cccc(OC)c1. The van der Waals surface area contributed by atoms with Gasteiger partial charge in [0, 0.05) is 13.1 Å². The van der Waals surface area contributed by atoms with Crippen molar-refractivity contribution in [2.45, 2.75) is 4.90 Å². The summed E-state index contributed by atoms with van der Waals surface area (Å²) >= 11 is 0. The zero-order valence-electron chi connectivity index (χ0n) is 11.3. The molecule has 0 bridgehead atoms. The lowest BCUT2D eigenvalue weighted by atomic mass is 10.3. The van der Waals surface area contributed by atoms with Crippen LogP contribution in [0.1, 0.15) is 0 Å². The number of anilines is 2. The normalized spacial score (nSPS) is 10.9. The van der Waals surface area contributed by atoms with Crippen LogP contribution < -0.4 is 14.8 Å². The van der Waals surface area contributed by atoms with E-state index in [0.29, 0.717) is 17.1 Å². The van der Waals surface area contributed by atoms with E-state index < -0.39 is 10.0 Å². The fourth-order valence-electron chi connectivity index (χ4n) is 1.80. The van der Waals surface area contributed by atoms with Crippen LogP contribution in [-0.4, -0.2) is 22.6 Å². The first-order chi connectivity index (χ1) is 9.56. The maximum Gasteiger partial charge on any atom is 0.263 e.